The van der Waals surface area contributed by atoms with Gasteiger partial charge in [-0.25, -0.2) is 9.67 Å². The van der Waals surface area contributed by atoms with Crippen LogP contribution in [0.25, 0.3) is 0 Å². The van der Waals surface area contributed by atoms with Crippen LogP contribution < -0.4 is 0 Å². The second-order valence-electron chi connectivity index (χ2n) is 2.92. The van der Waals surface area contributed by atoms with E-state index >= 15 is 0 Å². The van der Waals surface area contributed by atoms with Gasteiger partial charge in [0.1, 0.15) is 18.4 Å². The highest BCUT2D eigenvalue weighted by atomic mass is 16.1. The van der Waals surface area contributed by atoms with Crippen molar-refractivity contribution in [2.24, 2.45) is 0 Å². The summed E-state index contributed by atoms with van der Waals surface area (Å²) in [5.74, 6) is 0.886. The highest BCUT2D eigenvalue weighted by Crippen LogP contribution is 2.05. The number of carbonyl (C=O) groups excluding carboxylic acids is 1. The standard InChI is InChI=1S/C8H13N3O/c1-7(2)11-8(4-3-5-12)9-6-10-11/h5-7H,3-4H2,1-2H3. The van der Waals surface area contributed by atoms with E-state index in [0.717, 1.165) is 12.1 Å². The fraction of sp³-hybridized carbons (Fsp3) is 0.625. The maximum Gasteiger partial charge on any atom is 0.138 e. The Morgan fingerprint density at radius 3 is 3.00 bits per heavy atom. The predicted octanol–water partition coefficient (Wildman–Crippen LogP) is 0.990. The van der Waals surface area contributed by atoms with Gasteiger partial charge in [-0.3, -0.25) is 0 Å². The Morgan fingerprint density at radius 1 is 1.67 bits per heavy atom. The summed E-state index contributed by atoms with van der Waals surface area (Å²) in [7, 11) is 0. The van der Waals surface area contributed by atoms with E-state index in [2.05, 4.69) is 10.1 Å². The van der Waals surface area contributed by atoms with Crippen LogP contribution in [0.2, 0.25) is 0 Å². The van der Waals surface area contributed by atoms with Gasteiger partial charge in [-0.05, 0) is 13.8 Å². The molecule has 0 bridgehead atoms. The molecule has 0 fully saturated rings. The first-order valence-electron chi connectivity index (χ1n) is 4.07. The highest BCUT2D eigenvalue weighted by Gasteiger charge is 2.05. The van der Waals surface area contributed by atoms with Crippen LogP contribution >= 0.6 is 0 Å². The molecule has 1 heterocycles. The van der Waals surface area contributed by atoms with Crippen molar-refractivity contribution in [2.75, 3.05) is 0 Å². The van der Waals surface area contributed by atoms with Crippen LogP contribution in [0.1, 0.15) is 32.1 Å². The van der Waals surface area contributed by atoms with E-state index in [9.17, 15) is 4.79 Å². The van der Waals surface area contributed by atoms with Crippen LogP contribution in [0.4, 0.5) is 0 Å². The monoisotopic (exact) mass is 167 g/mol. The number of rotatable bonds is 4. The van der Waals surface area contributed by atoms with Crippen LogP contribution in [-0.2, 0) is 11.2 Å². The average molecular weight is 167 g/mol. The Hall–Kier alpha value is -1.19. The van der Waals surface area contributed by atoms with E-state index < -0.39 is 0 Å². The molecule has 0 atom stereocenters. The fourth-order valence-electron chi connectivity index (χ4n) is 1.07. The first-order chi connectivity index (χ1) is 5.75. The Labute approximate surface area is 71.6 Å². The second-order valence-corrected chi connectivity index (χ2v) is 2.92. The van der Waals surface area contributed by atoms with Crippen molar-refractivity contribution in [2.45, 2.75) is 32.7 Å². The molecule has 12 heavy (non-hydrogen) atoms. The number of carbonyl (C=O) groups is 1. The Balaban J connectivity index is 2.70. The molecule has 0 amide bonds. The lowest BCUT2D eigenvalue weighted by atomic mass is 10.3. The molecule has 0 aromatic carbocycles. The van der Waals surface area contributed by atoms with Crippen LogP contribution in [0.5, 0.6) is 0 Å². The molecule has 1 rings (SSSR count). The summed E-state index contributed by atoms with van der Waals surface area (Å²) in [5.41, 5.74) is 0. The van der Waals surface area contributed by atoms with Crippen molar-refractivity contribution in [3.8, 4) is 0 Å². The van der Waals surface area contributed by atoms with Crippen molar-refractivity contribution in [1.82, 2.24) is 14.8 Å². The molecule has 0 unspecified atom stereocenters. The molecule has 0 saturated heterocycles. The number of hydrogen-bond donors (Lipinski definition) is 0. The fourth-order valence-corrected chi connectivity index (χ4v) is 1.07. The number of aldehydes is 1. The zero-order valence-electron chi connectivity index (χ0n) is 7.40. The molecule has 0 aliphatic carbocycles. The van der Waals surface area contributed by atoms with Crippen LogP contribution in [0.3, 0.4) is 0 Å². The minimum Gasteiger partial charge on any atom is -0.303 e. The molecule has 66 valence electrons. The van der Waals surface area contributed by atoms with Gasteiger partial charge in [-0.1, -0.05) is 0 Å². The summed E-state index contributed by atoms with van der Waals surface area (Å²) in [4.78, 5) is 14.2. The van der Waals surface area contributed by atoms with Crippen molar-refractivity contribution in [3.05, 3.63) is 12.2 Å². The quantitative estimate of drug-likeness (QED) is 0.628. The number of aromatic nitrogens is 3. The third kappa shape index (κ3) is 1.90. The molecule has 0 saturated carbocycles. The largest absolute Gasteiger partial charge is 0.303 e. The van der Waals surface area contributed by atoms with E-state index in [1.165, 1.54) is 6.33 Å². The normalized spacial score (nSPS) is 10.6. The smallest absolute Gasteiger partial charge is 0.138 e. The molecule has 0 spiro atoms. The number of aryl methyl sites for hydroxylation is 1. The molecule has 1 aromatic heterocycles. The van der Waals surface area contributed by atoms with Crippen LogP contribution in [0.15, 0.2) is 6.33 Å². The Kier molecular flexibility index (Phi) is 2.96. The summed E-state index contributed by atoms with van der Waals surface area (Å²) < 4.78 is 1.84. The average Bonchev–Trinajstić information content (AvgIpc) is 2.48. The zero-order valence-corrected chi connectivity index (χ0v) is 7.40. The van der Waals surface area contributed by atoms with E-state index in [1.807, 2.05) is 18.5 Å². The predicted molar refractivity (Wildman–Crippen MR) is 44.8 cm³/mol. The number of hydrogen-bond acceptors (Lipinski definition) is 3. The highest BCUT2D eigenvalue weighted by molar-refractivity contribution is 5.49. The Bertz CT molecular complexity index is 255. The lowest BCUT2D eigenvalue weighted by Gasteiger charge is -2.07. The van der Waals surface area contributed by atoms with Crippen molar-refractivity contribution >= 4 is 6.29 Å². The minimum atomic E-state index is 0.314. The molecule has 0 aliphatic rings. The third-order valence-electron chi connectivity index (χ3n) is 1.62. The summed E-state index contributed by atoms with van der Waals surface area (Å²) in [6.45, 7) is 4.08. The maximum absolute atomic E-state index is 10.1. The van der Waals surface area contributed by atoms with E-state index in [1.54, 1.807) is 0 Å². The summed E-state index contributed by atoms with van der Waals surface area (Å²) in [6.07, 6.45) is 3.63. The lowest BCUT2D eigenvalue weighted by molar-refractivity contribution is -0.107. The first-order valence-corrected chi connectivity index (χ1v) is 4.07. The molecular formula is C8H13N3O. The van der Waals surface area contributed by atoms with Gasteiger partial charge in [0.15, 0.2) is 0 Å². The topological polar surface area (TPSA) is 47.8 Å². The van der Waals surface area contributed by atoms with Crippen molar-refractivity contribution < 1.29 is 4.79 Å². The zero-order chi connectivity index (χ0) is 8.97. The molecule has 0 aliphatic heterocycles. The summed E-state index contributed by atoms with van der Waals surface area (Å²) in [6, 6.07) is 0.314. The summed E-state index contributed by atoms with van der Waals surface area (Å²) in [5, 5.41) is 4.06. The minimum absolute atomic E-state index is 0.314. The van der Waals surface area contributed by atoms with E-state index in [4.69, 9.17) is 0 Å². The summed E-state index contributed by atoms with van der Waals surface area (Å²) >= 11 is 0. The SMILES string of the molecule is CC(C)n1ncnc1CCC=O. The van der Waals surface area contributed by atoms with Gasteiger partial charge in [0.2, 0.25) is 0 Å². The van der Waals surface area contributed by atoms with E-state index in [0.29, 0.717) is 18.9 Å². The Morgan fingerprint density at radius 2 is 2.42 bits per heavy atom. The van der Waals surface area contributed by atoms with Gasteiger partial charge >= 0.3 is 0 Å². The van der Waals surface area contributed by atoms with Gasteiger partial charge in [0.05, 0.1) is 0 Å². The van der Waals surface area contributed by atoms with Crippen molar-refractivity contribution in [3.63, 3.8) is 0 Å². The van der Waals surface area contributed by atoms with Gasteiger partial charge < -0.3 is 4.79 Å². The van der Waals surface area contributed by atoms with Crippen molar-refractivity contribution in [1.29, 1.82) is 0 Å². The molecule has 4 heteroatoms. The van der Waals surface area contributed by atoms with E-state index in [-0.39, 0.29) is 0 Å². The molecule has 0 radical (unpaired) electrons. The lowest BCUT2D eigenvalue weighted by Crippen LogP contribution is -2.08. The third-order valence-corrected chi connectivity index (χ3v) is 1.62. The first kappa shape index (κ1) is 8.90. The van der Waals surface area contributed by atoms with Gasteiger partial charge in [0.25, 0.3) is 0 Å². The van der Waals surface area contributed by atoms with Crippen LogP contribution in [0, 0.1) is 0 Å². The number of nitrogens with zero attached hydrogens (tertiary/aromatic N) is 3. The molecular weight excluding hydrogens is 154 g/mol. The van der Waals surface area contributed by atoms with Crippen LogP contribution in [-0.4, -0.2) is 21.1 Å². The maximum atomic E-state index is 10.1. The van der Waals surface area contributed by atoms with Gasteiger partial charge in [-0.15, -0.1) is 0 Å². The van der Waals surface area contributed by atoms with Gasteiger partial charge in [-0.2, -0.15) is 5.10 Å². The molecule has 1 aromatic rings. The second kappa shape index (κ2) is 3.99. The molecule has 4 nitrogen and oxygen atoms in total. The van der Waals surface area contributed by atoms with Gasteiger partial charge in [0, 0.05) is 18.9 Å². The molecule has 0 N–H and O–H groups in total.